The first-order chi connectivity index (χ1) is 16.5. The average Bonchev–Trinajstić information content (AvgIpc) is 2.87. The van der Waals surface area contributed by atoms with Crippen molar-refractivity contribution in [2.45, 2.75) is 45.6 Å². The maximum atomic E-state index is 12.8. The van der Waals surface area contributed by atoms with Gasteiger partial charge in [-0.1, -0.05) is 19.1 Å². The van der Waals surface area contributed by atoms with Crippen LogP contribution in [0, 0.1) is 0 Å². The molecule has 0 aliphatic carbocycles. The molecule has 2 heterocycles. The molecule has 0 saturated carbocycles. The molecule has 0 aromatic heterocycles. The van der Waals surface area contributed by atoms with Crippen molar-refractivity contribution in [1.29, 1.82) is 0 Å². The number of hydrogen-bond donors (Lipinski definition) is 2. The van der Waals surface area contributed by atoms with Gasteiger partial charge in [-0.05, 0) is 80.9 Å². The molecule has 2 aromatic carbocycles. The Kier molecular flexibility index (Phi) is 7.37. The van der Waals surface area contributed by atoms with Gasteiger partial charge in [-0.25, -0.2) is 0 Å². The number of carbonyl (C=O) groups is 2. The monoisotopic (exact) mass is 461 g/mol. The molecule has 4 rings (SSSR count). The lowest BCUT2D eigenvalue weighted by Crippen LogP contribution is -2.46. The molecule has 0 unspecified atom stereocenters. The summed E-state index contributed by atoms with van der Waals surface area (Å²) in [5.74, 6) is 0.767. The maximum Gasteiger partial charge on any atom is 0.253 e. The van der Waals surface area contributed by atoms with E-state index in [0.29, 0.717) is 30.8 Å². The van der Waals surface area contributed by atoms with Gasteiger partial charge < -0.3 is 20.3 Å². The minimum atomic E-state index is -0.366. The highest BCUT2D eigenvalue weighted by atomic mass is 16.5. The van der Waals surface area contributed by atoms with Crippen LogP contribution >= 0.6 is 0 Å². The van der Waals surface area contributed by atoms with Gasteiger partial charge in [0.25, 0.3) is 11.8 Å². The third-order valence-corrected chi connectivity index (χ3v) is 6.73. The van der Waals surface area contributed by atoms with Crippen LogP contribution in [0.4, 0.5) is 0 Å². The zero-order chi connectivity index (χ0) is 24.1. The number of carbonyl (C=O) groups excluding carboxylic acids is 2. The largest absolute Gasteiger partial charge is 0.482 e. The van der Waals surface area contributed by atoms with Crippen LogP contribution in [-0.2, 0) is 0 Å². The molecular formula is C28H35N3O3. The Morgan fingerprint density at radius 3 is 2.32 bits per heavy atom. The number of nitrogens with one attached hydrogen (secondary N) is 2. The predicted octanol–water partition coefficient (Wildman–Crippen LogP) is 4.25. The first kappa shape index (κ1) is 24.0. The fraction of sp³-hybridized carbons (Fsp3) is 0.429. The quantitative estimate of drug-likeness (QED) is 0.647. The Bertz CT molecular complexity index is 1060. The number of amides is 2. The predicted molar refractivity (Wildman–Crippen MR) is 135 cm³/mol. The molecule has 2 aliphatic rings. The molecule has 1 spiro atoms. The average molecular weight is 462 g/mol. The van der Waals surface area contributed by atoms with E-state index >= 15 is 0 Å². The van der Waals surface area contributed by atoms with E-state index < -0.39 is 0 Å². The van der Waals surface area contributed by atoms with Gasteiger partial charge in [0.15, 0.2) is 0 Å². The molecule has 2 aromatic rings. The van der Waals surface area contributed by atoms with E-state index in [1.54, 1.807) is 0 Å². The van der Waals surface area contributed by atoms with Crippen LogP contribution < -0.4 is 15.4 Å². The van der Waals surface area contributed by atoms with Crippen molar-refractivity contribution in [2.75, 3.05) is 32.7 Å². The zero-order valence-corrected chi connectivity index (χ0v) is 20.4. The van der Waals surface area contributed by atoms with Gasteiger partial charge in [0.2, 0.25) is 0 Å². The van der Waals surface area contributed by atoms with Crippen molar-refractivity contribution in [2.24, 2.45) is 0 Å². The molecule has 34 heavy (non-hydrogen) atoms. The molecule has 0 radical (unpaired) electrons. The number of ether oxygens (including phenoxy) is 1. The Balaban J connectivity index is 1.73. The number of fused-ring (bicyclic) bond motifs is 1. The Morgan fingerprint density at radius 2 is 1.68 bits per heavy atom. The first-order valence-corrected chi connectivity index (χ1v) is 12.4. The first-order valence-electron chi connectivity index (χ1n) is 12.4. The number of benzene rings is 2. The van der Waals surface area contributed by atoms with Crippen LogP contribution in [0.3, 0.4) is 0 Å². The molecule has 2 amide bonds. The summed E-state index contributed by atoms with van der Waals surface area (Å²) in [5.41, 5.74) is 3.92. The van der Waals surface area contributed by atoms with Crippen molar-refractivity contribution in [1.82, 2.24) is 15.5 Å². The van der Waals surface area contributed by atoms with Crippen LogP contribution in [0.2, 0.25) is 0 Å². The molecule has 1 fully saturated rings. The zero-order valence-electron chi connectivity index (χ0n) is 20.4. The van der Waals surface area contributed by atoms with Crippen molar-refractivity contribution >= 4 is 17.4 Å². The van der Waals surface area contributed by atoms with E-state index in [4.69, 9.17) is 4.74 Å². The van der Waals surface area contributed by atoms with Gasteiger partial charge >= 0.3 is 0 Å². The molecule has 6 heteroatoms. The van der Waals surface area contributed by atoms with E-state index in [2.05, 4.69) is 16.7 Å². The van der Waals surface area contributed by atoms with Crippen LogP contribution in [0.5, 0.6) is 5.75 Å². The highest BCUT2D eigenvalue weighted by molar-refractivity contribution is 5.97. The van der Waals surface area contributed by atoms with Gasteiger partial charge in [-0.15, -0.1) is 0 Å². The van der Waals surface area contributed by atoms with Crippen LogP contribution in [-0.4, -0.2) is 55.0 Å². The molecule has 180 valence electrons. The third kappa shape index (κ3) is 4.87. The summed E-state index contributed by atoms with van der Waals surface area (Å²) in [6.45, 7) is 9.83. The van der Waals surface area contributed by atoms with Crippen molar-refractivity contribution in [3.8, 4) is 5.75 Å². The smallest absolute Gasteiger partial charge is 0.253 e. The maximum absolute atomic E-state index is 12.8. The van der Waals surface area contributed by atoms with Crippen LogP contribution in [0.25, 0.3) is 5.57 Å². The minimum Gasteiger partial charge on any atom is -0.482 e. The lowest BCUT2D eigenvalue weighted by atomic mass is 9.83. The standard InChI is InChI=1S/C28H35N3O3/c1-4-15-30-26(32)22-11-12-25-23(18-22)24(19-28(34-25)13-16-29-17-14-28)20-7-9-21(10-8-20)27(33)31(5-2)6-3/h7-12,18-19,29H,4-6,13-17H2,1-3H3,(H,30,32). The fourth-order valence-electron chi connectivity index (χ4n) is 4.72. The molecule has 2 aliphatic heterocycles. The van der Waals surface area contributed by atoms with E-state index in [1.165, 1.54) is 0 Å². The third-order valence-electron chi connectivity index (χ3n) is 6.73. The lowest BCUT2D eigenvalue weighted by molar-refractivity contribution is 0.0772. The van der Waals surface area contributed by atoms with E-state index in [9.17, 15) is 9.59 Å². The number of nitrogens with zero attached hydrogens (tertiary/aromatic N) is 1. The summed E-state index contributed by atoms with van der Waals surface area (Å²) >= 11 is 0. The Labute approximate surface area is 202 Å². The SMILES string of the molecule is CCCNC(=O)c1ccc2c(c1)C(c1ccc(C(=O)N(CC)CC)cc1)=CC1(CCNCC1)O2. The molecule has 1 saturated heterocycles. The Hall–Kier alpha value is -3.12. The molecule has 0 atom stereocenters. The van der Waals surface area contributed by atoms with Gasteiger partial charge in [0.1, 0.15) is 11.4 Å². The van der Waals surface area contributed by atoms with E-state index in [-0.39, 0.29) is 17.4 Å². The second kappa shape index (κ2) is 10.4. The second-order valence-electron chi connectivity index (χ2n) is 9.00. The summed E-state index contributed by atoms with van der Waals surface area (Å²) in [6, 6.07) is 13.5. The topological polar surface area (TPSA) is 70.7 Å². The normalized spacial score (nSPS) is 16.3. The number of piperidine rings is 1. The van der Waals surface area contributed by atoms with Gasteiger partial charge in [0.05, 0.1) is 0 Å². The van der Waals surface area contributed by atoms with Crippen molar-refractivity contribution in [3.63, 3.8) is 0 Å². The molecule has 0 bridgehead atoms. The molecular weight excluding hydrogens is 426 g/mol. The van der Waals surface area contributed by atoms with E-state index in [0.717, 1.165) is 54.8 Å². The van der Waals surface area contributed by atoms with Gasteiger partial charge in [-0.3, -0.25) is 9.59 Å². The van der Waals surface area contributed by atoms with Crippen LogP contribution in [0.1, 0.15) is 71.9 Å². The summed E-state index contributed by atoms with van der Waals surface area (Å²) in [6.07, 6.45) is 4.88. The number of rotatable bonds is 7. The molecule has 2 N–H and O–H groups in total. The summed E-state index contributed by atoms with van der Waals surface area (Å²) in [7, 11) is 0. The molecule has 6 nitrogen and oxygen atoms in total. The van der Waals surface area contributed by atoms with Gasteiger partial charge in [0, 0.05) is 49.2 Å². The van der Waals surface area contributed by atoms with Crippen LogP contribution in [0.15, 0.2) is 48.5 Å². The van der Waals surface area contributed by atoms with Crippen molar-refractivity contribution in [3.05, 3.63) is 70.8 Å². The highest BCUT2D eigenvalue weighted by Gasteiger charge is 2.37. The fourth-order valence-corrected chi connectivity index (χ4v) is 4.72. The summed E-state index contributed by atoms with van der Waals surface area (Å²) < 4.78 is 6.54. The minimum absolute atomic E-state index is 0.0441. The number of hydrogen-bond acceptors (Lipinski definition) is 4. The lowest BCUT2D eigenvalue weighted by Gasteiger charge is -2.40. The summed E-state index contributed by atoms with van der Waals surface area (Å²) in [4.78, 5) is 27.2. The second-order valence-corrected chi connectivity index (χ2v) is 9.00. The van der Waals surface area contributed by atoms with Gasteiger partial charge in [-0.2, -0.15) is 0 Å². The van der Waals surface area contributed by atoms with Crippen molar-refractivity contribution < 1.29 is 14.3 Å². The van der Waals surface area contributed by atoms with E-state index in [1.807, 2.05) is 68.1 Å². The highest BCUT2D eigenvalue weighted by Crippen LogP contribution is 2.43. The summed E-state index contributed by atoms with van der Waals surface area (Å²) in [5, 5.41) is 6.37. The Morgan fingerprint density at radius 1 is 1.00 bits per heavy atom.